The van der Waals surface area contributed by atoms with Crippen LogP contribution in [0.25, 0.3) is 0 Å². The van der Waals surface area contributed by atoms with Crippen LogP contribution in [0.3, 0.4) is 0 Å². The summed E-state index contributed by atoms with van der Waals surface area (Å²) in [6.45, 7) is 0.671. The Morgan fingerprint density at radius 1 is 1.14 bits per heavy atom. The molecule has 0 aliphatic rings. The summed E-state index contributed by atoms with van der Waals surface area (Å²) in [5.41, 5.74) is 2.48. The molecular weight excluding hydrogens is 265 g/mol. The summed E-state index contributed by atoms with van der Waals surface area (Å²) in [5.74, 6) is 5.19. The number of halogens is 1. The van der Waals surface area contributed by atoms with Crippen molar-refractivity contribution in [1.29, 1.82) is 0 Å². The Kier molecular flexibility index (Phi) is 5.36. The average molecular weight is 283 g/mol. The molecule has 0 spiro atoms. The number of hydrogen-bond acceptors (Lipinski definition) is 2. The first-order chi connectivity index (χ1) is 10.2. The van der Waals surface area contributed by atoms with Crippen molar-refractivity contribution >= 4 is 5.69 Å². The summed E-state index contributed by atoms with van der Waals surface area (Å²) >= 11 is 0. The first-order valence-corrected chi connectivity index (χ1v) is 6.85. The van der Waals surface area contributed by atoms with Crippen LogP contribution in [0.4, 0.5) is 10.1 Å². The van der Waals surface area contributed by atoms with Gasteiger partial charge in [-0.1, -0.05) is 36.1 Å². The maximum absolute atomic E-state index is 13.7. The molecule has 2 nitrogen and oxygen atoms in total. The molecule has 0 saturated carbocycles. The molecule has 0 radical (unpaired) electrons. The number of aliphatic hydroxyl groups is 1. The molecule has 3 heteroatoms. The molecule has 2 aromatic rings. The van der Waals surface area contributed by atoms with E-state index in [0.29, 0.717) is 18.5 Å². The number of benzene rings is 2. The van der Waals surface area contributed by atoms with E-state index in [-0.39, 0.29) is 12.4 Å². The number of aliphatic hydroxyl groups excluding tert-OH is 1. The Morgan fingerprint density at radius 3 is 2.62 bits per heavy atom. The van der Waals surface area contributed by atoms with Crippen molar-refractivity contribution in [2.45, 2.75) is 13.0 Å². The zero-order valence-electron chi connectivity index (χ0n) is 12.0. The summed E-state index contributed by atoms with van der Waals surface area (Å²) < 4.78 is 13.7. The highest BCUT2D eigenvalue weighted by molar-refractivity contribution is 5.46. The zero-order chi connectivity index (χ0) is 15.1. The lowest BCUT2D eigenvalue weighted by Gasteiger charge is -2.19. The van der Waals surface area contributed by atoms with Gasteiger partial charge in [0, 0.05) is 25.7 Å². The molecule has 108 valence electrons. The third-order valence-corrected chi connectivity index (χ3v) is 3.11. The lowest BCUT2D eigenvalue weighted by molar-refractivity contribution is 0.305. The summed E-state index contributed by atoms with van der Waals surface area (Å²) in [5, 5.41) is 8.71. The van der Waals surface area contributed by atoms with E-state index in [1.807, 2.05) is 37.4 Å². The Morgan fingerprint density at radius 2 is 1.90 bits per heavy atom. The Balaban J connectivity index is 2.14. The van der Waals surface area contributed by atoms with Gasteiger partial charge in [0.1, 0.15) is 5.82 Å². The van der Waals surface area contributed by atoms with Crippen molar-refractivity contribution in [3.05, 3.63) is 65.5 Å². The Hall–Kier alpha value is -2.31. The highest BCUT2D eigenvalue weighted by atomic mass is 19.1. The molecular formula is C18H18FNO. The molecule has 0 amide bonds. The first-order valence-electron chi connectivity index (χ1n) is 6.85. The topological polar surface area (TPSA) is 23.5 Å². The van der Waals surface area contributed by atoms with Gasteiger partial charge in [0.15, 0.2) is 0 Å². The highest BCUT2D eigenvalue weighted by Crippen LogP contribution is 2.16. The van der Waals surface area contributed by atoms with Gasteiger partial charge in [0.05, 0.1) is 12.2 Å². The molecule has 1 N–H and O–H groups in total. The van der Waals surface area contributed by atoms with E-state index < -0.39 is 0 Å². The molecule has 0 aromatic heterocycles. The van der Waals surface area contributed by atoms with Crippen LogP contribution in [0, 0.1) is 17.7 Å². The Labute approximate surface area is 124 Å². The van der Waals surface area contributed by atoms with Gasteiger partial charge in [-0.25, -0.2) is 4.39 Å². The van der Waals surface area contributed by atoms with Gasteiger partial charge in [-0.3, -0.25) is 0 Å². The number of anilines is 1. The van der Waals surface area contributed by atoms with Crippen LogP contribution in [0.1, 0.15) is 17.5 Å². The SMILES string of the molecule is CN(Cc1ccc(F)c(C#CCCO)c1)c1ccccc1. The average Bonchev–Trinajstić information content (AvgIpc) is 2.51. The third kappa shape index (κ3) is 4.34. The van der Waals surface area contributed by atoms with Crippen LogP contribution in [-0.2, 0) is 6.54 Å². The van der Waals surface area contributed by atoms with Gasteiger partial charge >= 0.3 is 0 Å². The lowest BCUT2D eigenvalue weighted by Crippen LogP contribution is -2.16. The quantitative estimate of drug-likeness (QED) is 0.871. The van der Waals surface area contributed by atoms with Gasteiger partial charge in [-0.05, 0) is 29.8 Å². The van der Waals surface area contributed by atoms with E-state index in [1.54, 1.807) is 12.1 Å². The van der Waals surface area contributed by atoms with Crippen molar-refractivity contribution in [2.24, 2.45) is 0 Å². The molecule has 0 atom stereocenters. The zero-order valence-corrected chi connectivity index (χ0v) is 12.0. The van der Waals surface area contributed by atoms with Gasteiger partial charge in [0.25, 0.3) is 0 Å². The molecule has 0 aliphatic carbocycles. The Bertz CT molecular complexity index is 643. The minimum Gasteiger partial charge on any atom is -0.395 e. The number of rotatable bonds is 4. The van der Waals surface area contributed by atoms with Crippen molar-refractivity contribution < 1.29 is 9.50 Å². The van der Waals surface area contributed by atoms with Crippen LogP contribution < -0.4 is 4.90 Å². The normalized spacial score (nSPS) is 9.86. The van der Waals surface area contributed by atoms with Gasteiger partial charge in [-0.15, -0.1) is 0 Å². The van der Waals surface area contributed by atoms with Crippen LogP contribution in [0.2, 0.25) is 0 Å². The van der Waals surface area contributed by atoms with Crippen LogP contribution in [-0.4, -0.2) is 18.8 Å². The number of nitrogens with zero attached hydrogens (tertiary/aromatic N) is 1. The van der Waals surface area contributed by atoms with Crippen LogP contribution in [0.15, 0.2) is 48.5 Å². The molecule has 0 bridgehead atoms. The predicted molar refractivity (Wildman–Crippen MR) is 83.5 cm³/mol. The van der Waals surface area contributed by atoms with E-state index in [0.717, 1.165) is 11.3 Å². The van der Waals surface area contributed by atoms with Crippen LogP contribution in [0.5, 0.6) is 0 Å². The van der Waals surface area contributed by atoms with Gasteiger partial charge in [-0.2, -0.15) is 0 Å². The van der Waals surface area contributed by atoms with Gasteiger partial charge < -0.3 is 10.0 Å². The van der Waals surface area contributed by atoms with E-state index >= 15 is 0 Å². The fourth-order valence-corrected chi connectivity index (χ4v) is 2.03. The van der Waals surface area contributed by atoms with Crippen LogP contribution >= 0.6 is 0 Å². The molecule has 0 aliphatic heterocycles. The van der Waals surface area contributed by atoms with E-state index in [1.165, 1.54) is 6.07 Å². The summed E-state index contributed by atoms with van der Waals surface area (Å²) in [7, 11) is 2.00. The smallest absolute Gasteiger partial charge is 0.138 e. The molecule has 2 rings (SSSR count). The number of hydrogen-bond donors (Lipinski definition) is 1. The van der Waals surface area contributed by atoms with E-state index in [2.05, 4.69) is 16.7 Å². The highest BCUT2D eigenvalue weighted by Gasteiger charge is 2.05. The largest absolute Gasteiger partial charge is 0.395 e. The summed E-state index contributed by atoms with van der Waals surface area (Å²) in [6, 6.07) is 15.0. The summed E-state index contributed by atoms with van der Waals surface area (Å²) in [6.07, 6.45) is 0.355. The molecule has 0 heterocycles. The predicted octanol–water partition coefficient (Wildman–Crippen LogP) is 3.20. The van der Waals surface area contributed by atoms with Crippen molar-refractivity contribution in [3.63, 3.8) is 0 Å². The number of para-hydroxylation sites is 1. The lowest BCUT2D eigenvalue weighted by atomic mass is 10.1. The maximum atomic E-state index is 13.7. The second-order valence-corrected chi connectivity index (χ2v) is 4.78. The minimum absolute atomic E-state index is 0.00887. The van der Waals surface area contributed by atoms with Crippen molar-refractivity contribution in [2.75, 3.05) is 18.6 Å². The molecule has 2 aromatic carbocycles. The van der Waals surface area contributed by atoms with Gasteiger partial charge in [0.2, 0.25) is 0 Å². The maximum Gasteiger partial charge on any atom is 0.138 e. The fraction of sp³-hybridized carbons (Fsp3) is 0.222. The van der Waals surface area contributed by atoms with E-state index in [9.17, 15) is 4.39 Å². The second kappa shape index (κ2) is 7.47. The molecule has 0 saturated heterocycles. The second-order valence-electron chi connectivity index (χ2n) is 4.78. The van der Waals surface area contributed by atoms with E-state index in [4.69, 9.17) is 5.11 Å². The summed E-state index contributed by atoms with van der Waals surface area (Å²) in [4.78, 5) is 2.10. The van der Waals surface area contributed by atoms with Crippen molar-refractivity contribution in [1.82, 2.24) is 0 Å². The molecule has 0 fully saturated rings. The monoisotopic (exact) mass is 283 g/mol. The minimum atomic E-state index is -0.327. The third-order valence-electron chi connectivity index (χ3n) is 3.11. The standard InChI is InChI=1S/C18H18FNO/c1-20(17-8-3-2-4-9-17)14-15-10-11-18(19)16(13-15)7-5-6-12-21/h2-4,8-11,13,21H,6,12,14H2,1H3. The molecule has 0 unspecified atom stereocenters. The van der Waals surface area contributed by atoms with Crippen molar-refractivity contribution in [3.8, 4) is 11.8 Å². The first kappa shape index (κ1) is 15.1. The fourth-order valence-electron chi connectivity index (χ4n) is 2.03. The molecule has 21 heavy (non-hydrogen) atoms.